The summed E-state index contributed by atoms with van der Waals surface area (Å²) in [6.07, 6.45) is 3.50. The lowest BCUT2D eigenvalue weighted by Gasteiger charge is -2.28. The third kappa shape index (κ3) is 2.71. The van der Waals surface area contributed by atoms with Crippen molar-refractivity contribution < 1.29 is 4.92 Å². The quantitative estimate of drug-likeness (QED) is 0.515. The molecule has 1 aromatic carbocycles. The normalized spacial score (nSPS) is 23.7. The van der Waals surface area contributed by atoms with Gasteiger partial charge in [-0.15, -0.1) is 0 Å². The fraction of sp³-hybridized carbons (Fsp3) is 0.571. The minimum atomic E-state index is -0.413. The lowest BCUT2D eigenvalue weighted by Crippen LogP contribution is -2.33. The van der Waals surface area contributed by atoms with E-state index in [0.29, 0.717) is 24.3 Å². The van der Waals surface area contributed by atoms with Gasteiger partial charge in [-0.05, 0) is 31.7 Å². The molecule has 2 N–H and O–H groups in total. The molecule has 104 valence electrons. The van der Waals surface area contributed by atoms with Gasteiger partial charge in [-0.2, -0.15) is 0 Å². The van der Waals surface area contributed by atoms with Crippen LogP contribution in [0.4, 0.5) is 11.4 Å². The van der Waals surface area contributed by atoms with Gasteiger partial charge in [-0.3, -0.25) is 15.0 Å². The van der Waals surface area contributed by atoms with Gasteiger partial charge in [0.1, 0.15) is 5.69 Å². The molecule has 0 amide bonds. The molecule has 0 spiro atoms. The predicted molar refractivity (Wildman–Crippen MR) is 75.8 cm³/mol. The Labute approximate surface area is 113 Å². The van der Waals surface area contributed by atoms with E-state index in [4.69, 9.17) is 5.73 Å². The summed E-state index contributed by atoms with van der Waals surface area (Å²) in [4.78, 5) is 12.9. The third-order valence-corrected chi connectivity index (χ3v) is 4.15. The van der Waals surface area contributed by atoms with Gasteiger partial charge in [0.15, 0.2) is 0 Å². The van der Waals surface area contributed by atoms with Crippen LogP contribution in [-0.2, 0) is 6.54 Å². The van der Waals surface area contributed by atoms with E-state index in [1.165, 1.54) is 18.9 Å². The summed E-state index contributed by atoms with van der Waals surface area (Å²) in [5.41, 5.74) is 7.11. The summed E-state index contributed by atoms with van der Waals surface area (Å²) in [5, 5.41) is 10.9. The van der Waals surface area contributed by atoms with Gasteiger partial charge in [0.05, 0.1) is 4.92 Å². The fourth-order valence-corrected chi connectivity index (χ4v) is 2.94. The first-order valence-electron chi connectivity index (χ1n) is 6.82. The Hall–Kier alpha value is -1.62. The molecule has 1 fully saturated rings. The second-order valence-corrected chi connectivity index (χ2v) is 5.27. The maximum Gasteiger partial charge on any atom is 0.292 e. The maximum atomic E-state index is 10.9. The number of rotatable bonds is 4. The number of anilines is 1. The number of benzene rings is 1. The van der Waals surface area contributed by atoms with Gasteiger partial charge in [0, 0.05) is 24.7 Å². The number of para-hydroxylation sites is 1. The highest BCUT2D eigenvalue weighted by atomic mass is 16.6. The Kier molecular flexibility index (Phi) is 4.04. The molecular formula is C14H21N3O2. The van der Waals surface area contributed by atoms with E-state index < -0.39 is 4.92 Å². The van der Waals surface area contributed by atoms with Crippen molar-refractivity contribution in [3.63, 3.8) is 0 Å². The molecule has 19 heavy (non-hydrogen) atoms. The first kappa shape index (κ1) is 13.8. The van der Waals surface area contributed by atoms with E-state index in [-0.39, 0.29) is 5.69 Å². The van der Waals surface area contributed by atoms with Gasteiger partial charge in [0.25, 0.3) is 5.69 Å². The summed E-state index contributed by atoms with van der Waals surface area (Å²) < 4.78 is 0. The molecule has 0 bridgehead atoms. The smallest absolute Gasteiger partial charge is 0.292 e. The first-order valence-corrected chi connectivity index (χ1v) is 6.82. The molecule has 0 aromatic heterocycles. The molecular weight excluding hydrogens is 242 g/mol. The van der Waals surface area contributed by atoms with Crippen LogP contribution in [0, 0.1) is 10.1 Å². The first-order chi connectivity index (χ1) is 9.04. The van der Waals surface area contributed by atoms with Crippen LogP contribution in [0.15, 0.2) is 18.2 Å². The van der Waals surface area contributed by atoms with Crippen molar-refractivity contribution in [2.75, 3.05) is 5.73 Å². The minimum absolute atomic E-state index is 0.0115. The van der Waals surface area contributed by atoms with E-state index >= 15 is 0 Å². The van der Waals surface area contributed by atoms with Crippen LogP contribution in [0.1, 0.15) is 38.7 Å². The van der Waals surface area contributed by atoms with Crippen LogP contribution in [0.3, 0.4) is 0 Å². The zero-order valence-corrected chi connectivity index (χ0v) is 11.5. The van der Waals surface area contributed by atoms with Crippen molar-refractivity contribution in [1.29, 1.82) is 0 Å². The summed E-state index contributed by atoms with van der Waals surface area (Å²) in [6.45, 7) is 5.10. The number of nitrogens with two attached hydrogens (primary N) is 1. The van der Waals surface area contributed by atoms with Crippen molar-refractivity contribution in [2.45, 2.75) is 51.7 Å². The van der Waals surface area contributed by atoms with Crippen molar-refractivity contribution in [3.05, 3.63) is 33.9 Å². The SMILES string of the molecule is CCC1CCC(C)N1Cc1cccc([N+](=O)[O-])c1N. The summed E-state index contributed by atoms with van der Waals surface area (Å²) in [7, 11) is 0. The molecule has 0 saturated carbocycles. The van der Waals surface area contributed by atoms with Crippen molar-refractivity contribution in [2.24, 2.45) is 0 Å². The van der Waals surface area contributed by atoms with Gasteiger partial charge in [-0.1, -0.05) is 19.1 Å². The topological polar surface area (TPSA) is 72.4 Å². The average Bonchev–Trinajstić information content (AvgIpc) is 2.72. The fourth-order valence-electron chi connectivity index (χ4n) is 2.94. The van der Waals surface area contributed by atoms with Crippen molar-refractivity contribution >= 4 is 11.4 Å². The highest BCUT2D eigenvalue weighted by molar-refractivity contribution is 5.62. The summed E-state index contributed by atoms with van der Waals surface area (Å²) >= 11 is 0. The van der Waals surface area contributed by atoms with Crippen LogP contribution in [0.5, 0.6) is 0 Å². The molecule has 1 saturated heterocycles. The molecule has 1 aliphatic heterocycles. The minimum Gasteiger partial charge on any atom is -0.393 e. The van der Waals surface area contributed by atoms with Crippen molar-refractivity contribution in [1.82, 2.24) is 4.90 Å². The van der Waals surface area contributed by atoms with Crippen LogP contribution in [0.25, 0.3) is 0 Å². The number of nitrogen functional groups attached to an aromatic ring is 1. The lowest BCUT2D eigenvalue weighted by molar-refractivity contribution is -0.384. The molecule has 5 heteroatoms. The van der Waals surface area contributed by atoms with Gasteiger partial charge in [-0.25, -0.2) is 0 Å². The number of nitro benzene ring substituents is 1. The summed E-state index contributed by atoms with van der Waals surface area (Å²) in [5.74, 6) is 0. The largest absolute Gasteiger partial charge is 0.393 e. The molecule has 1 aromatic rings. The average molecular weight is 263 g/mol. The molecule has 5 nitrogen and oxygen atoms in total. The van der Waals surface area contributed by atoms with Crippen LogP contribution in [-0.4, -0.2) is 21.9 Å². The van der Waals surface area contributed by atoms with Crippen molar-refractivity contribution in [3.8, 4) is 0 Å². The zero-order chi connectivity index (χ0) is 14.0. The number of hydrogen-bond donors (Lipinski definition) is 1. The molecule has 2 unspecified atom stereocenters. The van der Waals surface area contributed by atoms with E-state index in [1.807, 2.05) is 6.07 Å². The second-order valence-electron chi connectivity index (χ2n) is 5.27. The van der Waals surface area contributed by atoms with Gasteiger partial charge in [0.2, 0.25) is 0 Å². The summed E-state index contributed by atoms with van der Waals surface area (Å²) in [6, 6.07) is 6.15. The van der Waals surface area contributed by atoms with E-state index in [9.17, 15) is 10.1 Å². The lowest BCUT2D eigenvalue weighted by atomic mass is 10.1. The Balaban J connectivity index is 2.23. The predicted octanol–water partition coefficient (Wildman–Crippen LogP) is 2.94. The highest BCUT2D eigenvalue weighted by Crippen LogP contribution is 2.31. The van der Waals surface area contributed by atoms with Crippen LogP contribution < -0.4 is 5.73 Å². The number of likely N-dealkylation sites (tertiary alicyclic amines) is 1. The van der Waals surface area contributed by atoms with E-state index in [0.717, 1.165) is 12.0 Å². The molecule has 2 atom stereocenters. The number of nitro groups is 1. The number of hydrogen-bond acceptors (Lipinski definition) is 4. The molecule has 1 aliphatic rings. The van der Waals surface area contributed by atoms with E-state index in [2.05, 4.69) is 18.7 Å². The second kappa shape index (κ2) is 5.57. The molecule has 1 heterocycles. The molecule has 0 aliphatic carbocycles. The van der Waals surface area contributed by atoms with E-state index in [1.54, 1.807) is 6.07 Å². The number of nitrogens with zero attached hydrogens (tertiary/aromatic N) is 2. The van der Waals surface area contributed by atoms with Crippen LogP contribution >= 0.6 is 0 Å². The monoisotopic (exact) mass is 263 g/mol. The van der Waals surface area contributed by atoms with Gasteiger partial charge < -0.3 is 5.73 Å². The highest BCUT2D eigenvalue weighted by Gasteiger charge is 2.30. The molecule has 0 radical (unpaired) electrons. The third-order valence-electron chi connectivity index (χ3n) is 4.15. The molecule has 2 rings (SSSR count). The Morgan fingerprint density at radius 3 is 2.84 bits per heavy atom. The zero-order valence-electron chi connectivity index (χ0n) is 11.5. The Bertz CT molecular complexity index is 476. The van der Waals surface area contributed by atoms with Crippen LogP contribution in [0.2, 0.25) is 0 Å². The Morgan fingerprint density at radius 2 is 2.21 bits per heavy atom. The van der Waals surface area contributed by atoms with Gasteiger partial charge >= 0.3 is 0 Å². The maximum absolute atomic E-state index is 10.9. The Morgan fingerprint density at radius 1 is 1.47 bits per heavy atom. The standard InChI is InChI=1S/C14H21N3O2/c1-3-12-8-7-10(2)16(12)9-11-5-4-6-13(14(11)15)17(18)19/h4-6,10,12H,3,7-9,15H2,1-2H3.